The summed E-state index contributed by atoms with van der Waals surface area (Å²) in [6.45, 7) is 0.890. The van der Waals surface area contributed by atoms with Gasteiger partial charge in [0.2, 0.25) is 0 Å². The normalized spacial score (nSPS) is 27.9. The van der Waals surface area contributed by atoms with Gasteiger partial charge in [0.1, 0.15) is 0 Å². The van der Waals surface area contributed by atoms with E-state index in [4.69, 9.17) is 4.74 Å². The zero-order chi connectivity index (χ0) is 14.2. The van der Waals surface area contributed by atoms with Crippen LogP contribution < -0.4 is 4.90 Å². The van der Waals surface area contributed by atoms with Crippen LogP contribution in [0.2, 0.25) is 0 Å². The SMILES string of the molecule is CN1c2ccccc2[C@H]2OCCC[C@H]2[C@H]1c1ccccc1. The third-order valence-electron chi connectivity index (χ3n) is 4.96. The van der Waals surface area contributed by atoms with Crippen molar-refractivity contribution >= 4 is 5.69 Å². The number of rotatable bonds is 1. The highest BCUT2D eigenvalue weighted by atomic mass is 16.5. The van der Waals surface area contributed by atoms with Crippen molar-refractivity contribution in [2.75, 3.05) is 18.6 Å². The predicted octanol–water partition coefficient (Wildman–Crippen LogP) is 4.35. The van der Waals surface area contributed by atoms with Crippen LogP contribution in [0, 0.1) is 5.92 Å². The van der Waals surface area contributed by atoms with Crippen molar-refractivity contribution in [3.05, 3.63) is 65.7 Å². The van der Waals surface area contributed by atoms with Crippen LogP contribution in [0.25, 0.3) is 0 Å². The molecule has 2 aliphatic heterocycles. The van der Waals surface area contributed by atoms with E-state index >= 15 is 0 Å². The van der Waals surface area contributed by atoms with Gasteiger partial charge in [-0.05, 0) is 24.5 Å². The number of anilines is 1. The highest BCUT2D eigenvalue weighted by Crippen LogP contribution is 2.51. The molecule has 21 heavy (non-hydrogen) atoms. The minimum atomic E-state index is 0.247. The average molecular weight is 279 g/mol. The molecule has 0 unspecified atom stereocenters. The Morgan fingerprint density at radius 3 is 2.62 bits per heavy atom. The Bertz CT molecular complexity index is 624. The van der Waals surface area contributed by atoms with E-state index in [-0.39, 0.29) is 6.10 Å². The first-order chi connectivity index (χ1) is 10.4. The molecule has 4 rings (SSSR count). The molecule has 0 aromatic heterocycles. The van der Waals surface area contributed by atoms with Gasteiger partial charge in [-0.1, -0.05) is 48.5 Å². The van der Waals surface area contributed by atoms with Gasteiger partial charge >= 0.3 is 0 Å². The van der Waals surface area contributed by atoms with Gasteiger partial charge in [-0.2, -0.15) is 0 Å². The molecule has 0 bridgehead atoms. The van der Waals surface area contributed by atoms with Crippen molar-refractivity contribution in [3.8, 4) is 0 Å². The molecule has 2 heteroatoms. The van der Waals surface area contributed by atoms with Crippen LogP contribution in [0.5, 0.6) is 0 Å². The summed E-state index contributed by atoms with van der Waals surface area (Å²) in [4.78, 5) is 2.44. The molecule has 2 aromatic rings. The van der Waals surface area contributed by atoms with Crippen LogP contribution in [0.3, 0.4) is 0 Å². The topological polar surface area (TPSA) is 12.5 Å². The number of hydrogen-bond acceptors (Lipinski definition) is 2. The molecule has 0 aliphatic carbocycles. The smallest absolute Gasteiger partial charge is 0.0896 e. The number of fused-ring (bicyclic) bond motifs is 3. The van der Waals surface area contributed by atoms with Crippen molar-refractivity contribution < 1.29 is 4.74 Å². The second kappa shape index (κ2) is 5.19. The van der Waals surface area contributed by atoms with Gasteiger partial charge < -0.3 is 9.64 Å². The zero-order valence-electron chi connectivity index (χ0n) is 12.4. The van der Waals surface area contributed by atoms with E-state index in [9.17, 15) is 0 Å². The van der Waals surface area contributed by atoms with E-state index < -0.39 is 0 Å². The van der Waals surface area contributed by atoms with Gasteiger partial charge in [0, 0.05) is 30.8 Å². The molecular weight excluding hydrogens is 258 g/mol. The third kappa shape index (κ3) is 2.06. The fourth-order valence-electron chi connectivity index (χ4n) is 4.06. The molecule has 0 N–H and O–H groups in total. The molecule has 2 nitrogen and oxygen atoms in total. The monoisotopic (exact) mass is 279 g/mol. The molecule has 3 atom stereocenters. The van der Waals surface area contributed by atoms with E-state index in [0.29, 0.717) is 12.0 Å². The van der Waals surface area contributed by atoms with Gasteiger partial charge in [-0.3, -0.25) is 0 Å². The van der Waals surface area contributed by atoms with E-state index in [1.165, 1.54) is 29.7 Å². The molecule has 2 aromatic carbocycles. The van der Waals surface area contributed by atoms with Gasteiger partial charge in [-0.25, -0.2) is 0 Å². The first-order valence-electron chi connectivity index (χ1n) is 7.84. The predicted molar refractivity (Wildman–Crippen MR) is 85.4 cm³/mol. The summed E-state index contributed by atoms with van der Waals surface area (Å²) in [6.07, 6.45) is 2.65. The molecule has 2 heterocycles. The summed E-state index contributed by atoms with van der Waals surface area (Å²) < 4.78 is 6.18. The van der Waals surface area contributed by atoms with Crippen LogP contribution in [-0.4, -0.2) is 13.7 Å². The van der Waals surface area contributed by atoms with Crippen LogP contribution in [0.4, 0.5) is 5.69 Å². The van der Waals surface area contributed by atoms with Crippen LogP contribution in [-0.2, 0) is 4.74 Å². The van der Waals surface area contributed by atoms with Gasteiger partial charge in [0.25, 0.3) is 0 Å². The lowest BCUT2D eigenvalue weighted by atomic mass is 9.76. The maximum absolute atomic E-state index is 6.18. The summed E-state index contributed by atoms with van der Waals surface area (Å²) in [6, 6.07) is 20.0. The standard InChI is InChI=1S/C19H21NO/c1-20-17-12-6-5-10-15(17)19-16(11-7-13-21-19)18(20)14-8-3-2-4-9-14/h2-6,8-10,12,16,18-19H,7,11,13H2,1H3/t16-,18+,19+/m0/s1. The molecule has 0 amide bonds. The summed E-state index contributed by atoms with van der Waals surface area (Å²) >= 11 is 0. The second-order valence-electron chi connectivity index (χ2n) is 6.12. The Balaban J connectivity index is 1.84. The fourth-order valence-corrected chi connectivity index (χ4v) is 4.06. The first-order valence-corrected chi connectivity index (χ1v) is 7.84. The maximum atomic E-state index is 6.18. The lowest BCUT2D eigenvalue weighted by Crippen LogP contribution is -2.41. The lowest BCUT2D eigenvalue weighted by molar-refractivity contribution is -0.0420. The molecular formula is C19H21NO. The minimum absolute atomic E-state index is 0.247. The molecule has 1 fully saturated rings. The van der Waals surface area contributed by atoms with E-state index in [2.05, 4.69) is 66.5 Å². The molecule has 0 radical (unpaired) electrons. The number of para-hydroxylation sites is 1. The highest BCUT2D eigenvalue weighted by Gasteiger charge is 2.42. The fraction of sp³-hybridized carbons (Fsp3) is 0.368. The number of ether oxygens (including phenoxy) is 1. The largest absolute Gasteiger partial charge is 0.373 e. The Kier molecular flexibility index (Phi) is 3.19. The van der Waals surface area contributed by atoms with Gasteiger partial charge in [0.05, 0.1) is 12.1 Å². The average Bonchev–Trinajstić information content (AvgIpc) is 2.56. The Labute approximate surface area is 126 Å². The maximum Gasteiger partial charge on any atom is 0.0896 e. The van der Waals surface area contributed by atoms with Gasteiger partial charge in [-0.15, -0.1) is 0 Å². The molecule has 0 saturated carbocycles. The summed E-state index contributed by atoms with van der Waals surface area (Å²) in [5, 5.41) is 0. The van der Waals surface area contributed by atoms with E-state index in [1.807, 2.05) is 0 Å². The van der Waals surface area contributed by atoms with Crippen LogP contribution >= 0.6 is 0 Å². The lowest BCUT2D eigenvalue weighted by Gasteiger charge is -2.48. The summed E-state index contributed by atoms with van der Waals surface area (Å²) in [7, 11) is 2.22. The van der Waals surface area contributed by atoms with E-state index in [1.54, 1.807) is 0 Å². The van der Waals surface area contributed by atoms with Crippen LogP contribution in [0.1, 0.15) is 36.1 Å². The Hall–Kier alpha value is -1.80. The number of hydrogen-bond donors (Lipinski definition) is 0. The summed E-state index contributed by atoms with van der Waals surface area (Å²) in [5.74, 6) is 0.543. The quantitative estimate of drug-likeness (QED) is 0.769. The summed E-state index contributed by atoms with van der Waals surface area (Å²) in [5.41, 5.74) is 4.07. The Morgan fingerprint density at radius 1 is 1.00 bits per heavy atom. The first kappa shape index (κ1) is 12.9. The molecule has 1 saturated heterocycles. The number of benzene rings is 2. The Morgan fingerprint density at radius 2 is 1.76 bits per heavy atom. The van der Waals surface area contributed by atoms with Crippen molar-refractivity contribution in [1.82, 2.24) is 0 Å². The van der Waals surface area contributed by atoms with Crippen molar-refractivity contribution in [2.24, 2.45) is 5.92 Å². The zero-order valence-corrected chi connectivity index (χ0v) is 12.4. The minimum Gasteiger partial charge on any atom is -0.373 e. The highest BCUT2D eigenvalue weighted by molar-refractivity contribution is 5.59. The van der Waals surface area contributed by atoms with E-state index in [0.717, 1.165) is 6.61 Å². The van der Waals surface area contributed by atoms with Gasteiger partial charge in [0.15, 0.2) is 0 Å². The van der Waals surface area contributed by atoms with Crippen molar-refractivity contribution in [3.63, 3.8) is 0 Å². The number of nitrogens with zero attached hydrogens (tertiary/aromatic N) is 1. The second-order valence-corrected chi connectivity index (χ2v) is 6.12. The molecule has 2 aliphatic rings. The third-order valence-corrected chi connectivity index (χ3v) is 4.96. The molecule has 0 spiro atoms. The van der Waals surface area contributed by atoms with Crippen LogP contribution in [0.15, 0.2) is 54.6 Å². The van der Waals surface area contributed by atoms with Crippen molar-refractivity contribution in [1.29, 1.82) is 0 Å². The van der Waals surface area contributed by atoms with Crippen molar-refractivity contribution in [2.45, 2.75) is 25.0 Å². The molecule has 108 valence electrons.